The maximum Gasteiger partial charge on any atom is 0.417 e. The van der Waals surface area contributed by atoms with Crippen molar-refractivity contribution in [1.82, 2.24) is 0 Å². The molecule has 5 rings (SSSR count). The third-order valence-electron chi connectivity index (χ3n) is 8.93. The van der Waals surface area contributed by atoms with Gasteiger partial charge in [-0.15, -0.1) is 0 Å². The summed E-state index contributed by atoms with van der Waals surface area (Å²) in [6.07, 6.45) is -48.7. The van der Waals surface area contributed by atoms with Crippen molar-refractivity contribution in [2.24, 2.45) is 0 Å². The Morgan fingerprint density at radius 2 is 0.571 bits per heavy atom. The first-order valence-electron chi connectivity index (χ1n) is 16.5. The Morgan fingerprint density at radius 3 is 0.825 bits per heavy atom. The van der Waals surface area contributed by atoms with Crippen molar-refractivity contribution in [3.05, 3.63) is 141 Å². The Balaban J connectivity index is 2.08. The van der Waals surface area contributed by atoms with Crippen LogP contribution in [0.4, 0.5) is 105 Å². The second-order valence-corrected chi connectivity index (χ2v) is 17.3. The van der Waals surface area contributed by atoms with E-state index in [1.165, 1.54) is 0 Å². The summed E-state index contributed by atoms with van der Waals surface area (Å²) in [4.78, 5) is 0. The fourth-order valence-corrected chi connectivity index (χ4v) is 13.2. The molecule has 0 radical (unpaired) electrons. The van der Waals surface area contributed by atoms with E-state index in [2.05, 4.69) is 0 Å². The summed E-state index contributed by atoms with van der Waals surface area (Å²) in [5.41, 5.74) is -25.3. The van der Waals surface area contributed by atoms with Crippen LogP contribution in [-0.4, -0.2) is 5.66 Å². The normalized spacial score (nSPS) is 16.1. The SMILES string of the molecule is FC(F)(F)c1cccc(P(C2=CC=CC2P(c2cccc(C(F)(F)F)c2C(F)(F)F)c2cccc(C(F)(F)F)c2C(F)(F)F)c2cccc(C(F)(F)F)c2C(F)(F)F)c1C(F)(F)F. The lowest BCUT2D eigenvalue weighted by Crippen LogP contribution is -2.36. The highest BCUT2D eigenvalue weighted by Gasteiger charge is 2.54. The lowest BCUT2D eigenvalue weighted by Gasteiger charge is -2.36. The largest absolute Gasteiger partial charge is 0.417 e. The number of alkyl halides is 24. The van der Waals surface area contributed by atoms with E-state index in [0.29, 0.717) is 12.2 Å². The van der Waals surface area contributed by atoms with E-state index in [9.17, 15) is 105 Å². The van der Waals surface area contributed by atoms with Crippen molar-refractivity contribution >= 4 is 37.1 Å². The highest BCUT2D eigenvalue weighted by Crippen LogP contribution is 2.62. The summed E-state index contributed by atoms with van der Waals surface area (Å²) < 4.78 is 350. The molecule has 4 aromatic carbocycles. The quantitative estimate of drug-likeness (QED) is 0.133. The molecular weight excluding hydrogens is 962 g/mol. The van der Waals surface area contributed by atoms with Crippen LogP contribution in [0.2, 0.25) is 0 Å². The number of hydrogen-bond acceptors (Lipinski definition) is 0. The summed E-state index contributed by atoms with van der Waals surface area (Å²) in [5, 5.41) is -9.38. The predicted molar refractivity (Wildman–Crippen MR) is 179 cm³/mol. The van der Waals surface area contributed by atoms with Crippen LogP contribution in [0.3, 0.4) is 0 Å². The minimum Gasteiger partial charge on any atom is -0.166 e. The molecule has 0 aliphatic heterocycles. The number of allylic oxidation sites excluding steroid dienone is 4. The zero-order chi connectivity index (χ0) is 47.8. The molecule has 0 aromatic heterocycles. The summed E-state index contributed by atoms with van der Waals surface area (Å²) in [6.45, 7) is 0. The molecule has 0 heterocycles. The number of halogens is 24. The van der Waals surface area contributed by atoms with Crippen LogP contribution in [0, 0.1) is 0 Å². The van der Waals surface area contributed by atoms with Gasteiger partial charge < -0.3 is 0 Å². The van der Waals surface area contributed by atoms with Crippen molar-refractivity contribution in [2.45, 2.75) is 55.1 Å². The second-order valence-electron chi connectivity index (χ2n) is 12.9. The van der Waals surface area contributed by atoms with Gasteiger partial charge in [-0.2, -0.15) is 105 Å². The second kappa shape index (κ2) is 16.2. The lowest BCUT2D eigenvalue weighted by atomic mass is 10.1. The van der Waals surface area contributed by atoms with Gasteiger partial charge in [0.25, 0.3) is 0 Å². The molecule has 0 N–H and O–H groups in total. The first kappa shape index (κ1) is 49.6. The number of benzene rings is 4. The summed E-state index contributed by atoms with van der Waals surface area (Å²) in [6, 6.07) is -0.560. The minimum absolute atomic E-state index is 0.0134. The van der Waals surface area contributed by atoms with E-state index >= 15 is 0 Å². The standard InChI is InChI=1S/C37H16F24P2/c38-30(39,40)16-6-1-12-22(26(16)34(50,51)52)62(23-13-2-7-17(31(41,42)43)27(23)35(53,54)55)20-10-5-11-21(20)63(24-14-3-8-18(32(44,45)46)28(24)36(56,57)58)25-15-4-9-19(33(47,48)49)29(25)37(59,60)61/h1-15,20H. The minimum atomic E-state index is -6.34. The average Bonchev–Trinajstić information content (AvgIpc) is 3.57. The van der Waals surface area contributed by atoms with Crippen molar-refractivity contribution in [3.8, 4) is 0 Å². The van der Waals surface area contributed by atoms with E-state index in [-0.39, 0.29) is 78.9 Å². The molecule has 342 valence electrons. The van der Waals surface area contributed by atoms with Crippen LogP contribution in [-0.2, 0) is 49.4 Å². The molecule has 0 saturated heterocycles. The fraction of sp³-hybridized carbons (Fsp3) is 0.243. The van der Waals surface area contributed by atoms with E-state index < -0.39 is 142 Å². The van der Waals surface area contributed by atoms with Gasteiger partial charge in [0.15, 0.2) is 0 Å². The molecule has 0 bridgehead atoms. The first-order valence-corrected chi connectivity index (χ1v) is 19.2. The van der Waals surface area contributed by atoms with Crippen molar-refractivity contribution < 1.29 is 105 Å². The summed E-state index contributed by atoms with van der Waals surface area (Å²) in [5.74, 6) is 0. The van der Waals surface area contributed by atoms with Crippen LogP contribution in [0.5, 0.6) is 0 Å². The van der Waals surface area contributed by atoms with Gasteiger partial charge in [0.05, 0.1) is 44.5 Å². The zero-order valence-electron chi connectivity index (χ0n) is 29.7. The highest BCUT2D eigenvalue weighted by molar-refractivity contribution is 7.80. The fourth-order valence-electron chi connectivity index (χ4n) is 6.79. The Hall–Kier alpha value is -4.46. The summed E-state index contributed by atoms with van der Waals surface area (Å²) >= 11 is 0. The van der Waals surface area contributed by atoms with Crippen molar-refractivity contribution in [3.63, 3.8) is 0 Å². The van der Waals surface area contributed by atoms with Crippen LogP contribution < -0.4 is 21.2 Å². The molecule has 1 unspecified atom stereocenters. The molecule has 63 heavy (non-hydrogen) atoms. The molecule has 0 amide bonds. The third kappa shape index (κ3) is 9.95. The van der Waals surface area contributed by atoms with Gasteiger partial charge in [-0.05, 0) is 66.6 Å². The molecule has 1 aliphatic rings. The lowest BCUT2D eigenvalue weighted by molar-refractivity contribution is -0.161. The molecule has 0 nitrogen and oxygen atoms in total. The van der Waals surface area contributed by atoms with Crippen LogP contribution in [0.25, 0.3) is 0 Å². The Labute approximate surface area is 338 Å². The Bertz CT molecular complexity index is 2260. The maximum atomic E-state index is 14.9. The zero-order valence-corrected chi connectivity index (χ0v) is 31.5. The summed E-state index contributed by atoms with van der Waals surface area (Å²) in [7, 11) is -8.89. The molecule has 1 aliphatic carbocycles. The first-order chi connectivity index (χ1) is 28.4. The van der Waals surface area contributed by atoms with Gasteiger partial charge in [-0.1, -0.05) is 66.8 Å². The monoisotopic (exact) mass is 978 g/mol. The Morgan fingerprint density at radius 1 is 0.317 bits per heavy atom. The topological polar surface area (TPSA) is 0 Å². The van der Waals surface area contributed by atoms with Crippen LogP contribution >= 0.6 is 15.8 Å². The average molecular weight is 978 g/mol. The molecule has 1 atom stereocenters. The van der Waals surface area contributed by atoms with Crippen molar-refractivity contribution in [2.75, 3.05) is 0 Å². The predicted octanol–water partition coefficient (Wildman–Crippen LogP) is 14.2. The van der Waals surface area contributed by atoms with Crippen molar-refractivity contribution in [1.29, 1.82) is 0 Å². The third-order valence-corrected chi connectivity index (χ3v) is 14.6. The van der Waals surface area contributed by atoms with E-state index in [1.54, 1.807) is 0 Å². The van der Waals surface area contributed by atoms with E-state index in [4.69, 9.17) is 0 Å². The van der Waals surface area contributed by atoms with E-state index in [1.807, 2.05) is 0 Å². The molecular formula is C37H16F24P2. The van der Waals surface area contributed by atoms with Gasteiger partial charge >= 0.3 is 49.4 Å². The van der Waals surface area contributed by atoms with Gasteiger partial charge in [-0.25, -0.2) is 0 Å². The van der Waals surface area contributed by atoms with E-state index in [0.717, 1.165) is 0 Å². The van der Waals surface area contributed by atoms with Gasteiger partial charge in [0, 0.05) is 5.66 Å². The van der Waals surface area contributed by atoms with Crippen LogP contribution in [0.1, 0.15) is 44.5 Å². The molecule has 4 aromatic rings. The molecule has 0 saturated carbocycles. The smallest absolute Gasteiger partial charge is 0.166 e. The number of hydrogen-bond donors (Lipinski definition) is 0. The molecule has 26 heteroatoms. The molecule has 0 fully saturated rings. The highest BCUT2D eigenvalue weighted by atomic mass is 31.1. The van der Waals surface area contributed by atoms with Gasteiger partial charge in [-0.3, -0.25) is 0 Å². The van der Waals surface area contributed by atoms with Crippen LogP contribution in [0.15, 0.2) is 96.3 Å². The Kier molecular flexibility index (Phi) is 12.7. The maximum absolute atomic E-state index is 14.9. The van der Waals surface area contributed by atoms with Gasteiger partial charge in [0.1, 0.15) is 0 Å². The molecule has 0 spiro atoms. The van der Waals surface area contributed by atoms with Gasteiger partial charge in [0.2, 0.25) is 0 Å². The number of rotatable bonds is 6.